The fourth-order valence-corrected chi connectivity index (χ4v) is 4.23. The highest BCUT2D eigenvalue weighted by molar-refractivity contribution is 7.89. The lowest BCUT2D eigenvalue weighted by Crippen LogP contribution is -2.48. The molecule has 1 fully saturated rings. The molecule has 0 spiro atoms. The molecular formula is C21H27ClN2O3S. The molecule has 3 rings (SSSR count). The quantitative estimate of drug-likeness (QED) is 0.804. The molecule has 1 saturated heterocycles. The number of benzene rings is 2. The Morgan fingerprint density at radius 1 is 1.07 bits per heavy atom. The Bertz CT molecular complexity index is 896. The molecule has 0 radical (unpaired) electrons. The monoisotopic (exact) mass is 422 g/mol. The minimum Gasteiger partial charge on any atom is -0.329 e. The lowest BCUT2D eigenvalue weighted by Gasteiger charge is -2.36. The number of nitrogens with one attached hydrogen (secondary N) is 1. The Hall–Kier alpha value is -1.89. The van der Waals surface area contributed by atoms with Gasteiger partial charge in [-0.3, -0.25) is 4.79 Å². The van der Waals surface area contributed by atoms with Crippen molar-refractivity contribution >= 4 is 28.2 Å². The number of piperazine rings is 1. The van der Waals surface area contributed by atoms with Crippen LogP contribution >= 0.6 is 12.4 Å². The Labute approximate surface area is 173 Å². The van der Waals surface area contributed by atoms with Crippen LogP contribution < -0.4 is 5.32 Å². The Morgan fingerprint density at radius 2 is 1.68 bits per heavy atom. The van der Waals surface area contributed by atoms with Crippen molar-refractivity contribution in [2.24, 2.45) is 0 Å². The van der Waals surface area contributed by atoms with Gasteiger partial charge in [0.15, 0.2) is 9.84 Å². The first kappa shape index (κ1) is 22.4. The second kappa shape index (κ2) is 9.54. The fraction of sp³-hybridized carbons (Fsp3) is 0.381. The predicted octanol–water partition coefficient (Wildman–Crippen LogP) is 3.00. The summed E-state index contributed by atoms with van der Waals surface area (Å²) in [6.07, 6.45) is 2.20. The van der Waals surface area contributed by atoms with E-state index in [0.29, 0.717) is 17.7 Å². The van der Waals surface area contributed by atoms with E-state index in [0.717, 1.165) is 25.1 Å². The van der Waals surface area contributed by atoms with Crippen LogP contribution in [0.1, 0.15) is 40.0 Å². The first-order valence-corrected chi connectivity index (χ1v) is 11.3. The molecular weight excluding hydrogens is 396 g/mol. The third-order valence-corrected chi connectivity index (χ3v) is 5.76. The maximum Gasteiger partial charge on any atom is 0.254 e. The maximum absolute atomic E-state index is 13.1. The van der Waals surface area contributed by atoms with Crippen molar-refractivity contribution in [2.75, 3.05) is 25.9 Å². The molecule has 0 aliphatic carbocycles. The van der Waals surface area contributed by atoms with E-state index in [1.165, 1.54) is 11.8 Å². The van der Waals surface area contributed by atoms with Crippen LogP contribution in [0.4, 0.5) is 0 Å². The molecule has 0 aromatic heterocycles. The van der Waals surface area contributed by atoms with Gasteiger partial charge in [-0.2, -0.15) is 0 Å². The molecule has 1 aliphatic heterocycles. The third kappa shape index (κ3) is 5.56. The van der Waals surface area contributed by atoms with Gasteiger partial charge < -0.3 is 10.2 Å². The highest BCUT2D eigenvalue weighted by atomic mass is 35.5. The van der Waals surface area contributed by atoms with Crippen molar-refractivity contribution in [1.82, 2.24) is 10.2 Å². The molecule has 1 aliphatic rings. The van der Waals surface area contributed by atoms with Gasteiger partial charge in [-0.15, -0.1) is 12.4 Å². The van der Waals surface area contributed by atoms with E-state index in [-0.39, 0.29) is 30.1 Å². The number of aryl methyl sites for hydroxylation is 1. The molecule has 7 heteroatoms. The summed E-state index contributed by atoms with van der Waals surface area (Å²) in [5, 5.41) is 3.37. The zero-order valence-corrected chi connectivity index (χ0v) is 17.9. The van der Waals surface area contributed by atoms with Gasteiger partial charge in [-0.05, 0) is 35.2 Å². The van der Waals surface area contributed by atoms with Crippen molar-refractivity contribution in [2.45, 2.75) is 25.1 Å². The van der Waals surface area contributed by atoms with Gasteiger partial charge in [-0.25, -0.2) is 8.42 Å². The van der Waals surface area contributed by atoms with E-state index in [1.807, 2.05) is 4.90 Å². The highest BCUT2D eigenvalue weighted by Crippen LogP contribution is 2.25. The molecule has 1 atom stereocenters. The molecule has 152 valence electrons. The Balaban J connectivity index is 0.00000280. The molecule has 0 bridgehead atoms. The molecule has 1 heterocycles. The van der Waals surface area contributed by atoms with Crippen LogP contribution in [0.3, 0.4) is 0 Å². The molecule has 2 aromatic rings. The van der Waals surface area contributed by atoms with Crippen molar-refractivity contribution in [3.63, 3.8) is 0 Å². The van der Waals surface area contributed by atoms with Gasteiger partial charge in [0, 0.05) is 31.5 Å². The number of carbonyl (C=O) groups excluding carboxylic acids is 1. The summed E-state index contributed by atoms with van der Waals surface area (Å²) in [7, 11) is -3.08. The van der Waals surface area contributed by atoms with Gasteiger partial charge in [-0.1, -0.05) is 43.3 Å². The number of carbonyl (C=O) groups is 1. The van der Waals surface area contributed by atoms with Gasteiger partial charge in [0.05, 0.1) is 11.8 Å². The smallest absolute Gasteiger partial charge is 0.254 e. The molecule has 1 N–H and O–H groups in total. The van der Waals surface area contributed by atoms with Crippen LogP contribution in [0, 0.1) is 0 Å². The minimum atomic E-state index is -3.08. The zero-order chi connectivity index (χ0) is 19.4. The highest BCUT2D eigenvalue weighted by Gasteiger charge is 2.28. The standard InChI is InChI=1S/C21H26N2O3S.ClH/c1-3-16-4-8-18(9-5-16)20-14-22-12-13-23(20)21(24)19-10-6-17(7-11-19)15-27(2,25)26;/h4-11,20,22H,3,12-15H2,1-2H3;1H. The van der Waals surface area contributed by atoms with Gasteiger partial charge >= 0.3 is 0 Å². The van der Waals surface area contributed by atoms with Crippen LogP contribution in [-0.2, 0) is 22.0 Å². The minimum absolute atomic E-state index is 0. The van der Waals surface area contributed by atoms with E-state index in [9.17, 15) is 13.2 Å². The van der Waals surface area contributed by atoms with Crippen LogP contribution in [0.5, 0.6) is 0 Å². The number of sulfone groups is 1. The fourth-order valence-electron chi connectivity index (χ4n) is 3.43. The summed E-state index contributed by atoms with van der Waals surface area (Å²) in [5.41, 5.74) is 3.69. The first-order chi connectivity index (χ1) is 12.9. The third-order valence-electron chi connectivity index (χ3n) is 4.91. The number of hydrogen-bond acceptors (Lipinski definition) is 4. The zero-order valence-electron chi connectivity index (χ0n) is 16.2. The number of amides is 1. The van der Waals surface area contributed by atoms with E-state index in [2.05, 4.69) is 36.5 Å². The molecule has 5 nitrogen and oxygen atoms in total. The second-order valence-corrected chi connectivity index (χ2v) is 9.22. The lowest BCUT2D eigenvalue weighted by molar-refractivity contribution is 0.0634. The SMILES string of the molecule is CCc1ccc(C2CNCCN2C(=O)c2ccc(CS(C)(=O)=O)cc2)cc1.Cl. The molecule has 0 saturated carbocycles. The number of halogens is 1. The largest absolute Gasteiger partial charge is 0.329 e. The Morgan fingerprint density at radius 3 is 2.25 bits per heavy atom. The summed E-state index contributed by atoms with van der Waals surface area (Å²) < 4.78 is 22.9. The van der Waals surface area contributed by atoms with E-state index >= 15 is 0 Å². The number of hydrogen-bond donors (Lipinski definition) is 1. The van der Waals surface area contributed by atoms with Crippen molar-refractivity contribution in [1.29, 1.82) is 0 Å². The molecule has 1 amide bonds. The van der Waals surface area contributed by atoms with Crippen molar-refractivity contribution < 1.29 is 13.2 Å². The second-order valence-electron chi connectivity index (χ2n) is 7.08. The normalized spacial score (nSPS) is 17.1. The van der Waals surface area contributed by atoms with Crippen molar-refractivity contribution in [3.05, 3.63) is 70.8 Å². The average molecular weight is 423 g/mol. The van der Waals surface area contributed by atoms with Gasteiger partial charge in [0.1, 0.15) is 0 Å². The van der Waals surface area contributed by atoms with Gasteiger partial charge in [0.25, 0.3) is 5.91 Å². The summed E-state index contributed by atoms with van der Waals surface area (Å²) in [6.45, 7) is 4.26. The summed E-state index contributed by atoms with van der Waals surface area (Å²) >= 11 is 0. The van der Waals surface area contributed by atoms with Crippen LogP contribution in [0.15, 0.2) is 48.5 Å². The topological polar surface area (TPSA) is 66.5 Å². The number of nitrogens with zero attached hydrogens (tertiary/aromatic N) is 1. The van der Waals surface area contributed by atoms with E-state index in [4.69, 9.17) is 0 Å². The molecule has 28 heavy (non-hydrogen) atoms. The van der Waals surface area contributed by atoms with Crippen LogP contribution in [-0.4, -0.2) is 45.1 Å². The lowest BCUT2D eigenvalue weighted by atomic mass is 10.00. The molecule has 2 aromatic carbocycles. The summed E-state index contributed by atoms with van der Waals surface area (Å²) in [5.74, 6) is -0.0337. The predicted molar refractivity (Wildman–Crippen MR) is 115 cm³/mol. The molecule has 1 unspecified atom stereocenters. The van der Waals surface area contributed by atoms with E-state index in [1.54, 1.807) is 24.3 Å². The van der Waals surface area contributed by atoms with Crippen LogP contribution in [0.2, 0.25) is 0 Å². The summed E-state index contributed by atoms with van der Waals surface area (Å²) in [6, 6.07) is 15.3. The number of rotatable bonds is 5. The Kier molecular flexibility index (Phi) is 7.63. The average Bonchev–Trinajstić information content (AvgIpc) is 2.67. The van der Waals surface area contributed by atoms with E-state index < -0.39 is 9.84 Å². The maximum atomic E-state index is 13.1. The van der Waals surface area contributed by atoms with Crippen LogP contribution in [0.25, 0.3) is 0 Å². The van der Waals surface area contributed by atoms with Crippen molar-refractivity contribution in [3.8, 4) is 0 Å². The first-order valence-electron chi connectivity index (χ1n) is 9.24. The summed E-state index contributed by atoms with van der Waals surface area (Å²) in [4.78, 5) is 15.0. The van der Waals surface area contributed by atoms with Gasteiger partial charge in [0.2, 0.25) is 0 Å².